The number of para-hydroxylation sites is 1. The molecule has 0 N–H and O–H groups in total. The molecule has 0 unspecified atom stereocenters. The van der Waals surface area contributed by atoms with E-state index in [1.807, 2.05) is 6.07 Å². The van der Waals surface area contributed by atoms with Crippen molar-refractivity contribution in [3.05, 3.63) is 54.6 Å². The number of alkyl halides is 3. The zero-order valence-corrected chi connectivity index (χ0v) is 18.8. The van der Waals surface area contributed by atoms with Crippen LogP contribution in [0, 0.1) is 5.41 Å². The molecular weight excluding hydrogens is 459 g/mol. The second-order valence-corrected chi connectivity index (χ2v) is 10.2. The zero-order chi connectivity index (χ0) is 23.9. The van der Waals surface area contributed by atoms with Gasteiger partial charge in [-0.3, -0.25) is 9.10 Å². The predicted molar refractivity (Wildman–Crippen MR) is 117 cm³/mol. The SMILES string of the molecule is CN(c1ccccc1)S(=O)(=O)N1CCC2(CCN(c3ccc(OC(F)(F)F)cc3)C2=O)CC1. The van der Waals surface area contributed by atoms with E-state index in [0.29, 0.717) is 37.2 Å². The summed E-state index contributed by atoms with van der Waals surface area (Å²) < 4.78 is 69.7. The van der Waals surface area contributed by atoms with Gasteiger partial charge in [0.2, 0.25) is 5.91 Å². The summed E-state index contributed by atoms with van der Waals surface area (Å²) in [4.78, 5) is 14.8. The Morgan fingerprint density at radius 2 is 1.52 bits per heavy atom. The Balaban J connectivity index is 1.42. The summed E-state index contributed by atoms with van der Waals surface area (Å²) in [6, 6.07) is 14.0. The number of hydrogen-bond donors (Lipinski definition) is 0. The van der Waals surface area contributed by atoms with Gasteiger partial charge in [0.1, 0.15) is 5.75 Å². The van der Waals surface area contributed by atoms with E-state index in [4.69, 9.17) is 0 Å². The number of benzene rings is 2. The first-order valence-corrected chi connectivity index (χ1v) is 11.9. The van der Waals surface area contributed by atoms with E-state index in [1.165, 1.54) is 39.9 Å². The second kappa shape index (κ2) is 8.53. The molecule has 2 aliphatic heterocycles. The van der Waals surface area contributed by atoms with Gasteiger partial charge in [-0.15, -0.1) is 13.2 Å². The smallest absolute Gasteiger partial charge is 0.406 e. The molecule has 2 saturated heterocycles. The normalized spacial score (nSPS) is 19.2. The van der Waals surface area contributed by atoms with Gasteiger partial charge in [-0.1, -0.05) is 18.2 Å². The standard InChI is InChI=1S/C22H24F3N3O4S/c1-26(17-5-3-2-4-6-17)33(30,31)27-14-11-21(12-15-27)13-16-28(20(21)29)18-7-9-19(10-8-18)32-22(23,24)25/h2-10H,11-16H2,1H3. The molecule has 2 aromatic rings. The molecule has 33 heavy (non-hydrogen) atoms. The average Bonchev–Trinajstić information content (AvgIpc) is 3.09. The molecule has 0 aliphatic carbocycles. The Kier molecular flexibility index (Phi) is 6.04. The van der Waals surface area contributed by atoms with Gasteiger partial charge in [0.25, 0.3) is 0 Å². The first-order valence-electron chi connectivity index (χ1n) is 10.5. The Hall–Kier alpha value is -2.79. The molecular formula is C22H24F3N3O4S. The molecule has 4 rings (SSSR count). The largest absolute Gasteiger partial charge is 0.573 e. The molecule has 2 aliphatic rings. The minimum Gasteiger partial charge on any atom is -0.406 e. The van der Waals surface area contributed by atoms with Crippen LogP contribution < -0.4 is 13.9 Å². The molecule has 2 aromatic carbocycles. The van der Waals surface area contributed by atoms with Crippen LogP contribution in [-0.2, 0) is 15.0 Å². The Labute approximate surface area is 190 Å². The topological polar surface area (TPSA) is 70.2 Å². The van der Waals surface area contributed by atoms with Crippen LogP contribution in [0.1, 0.15) is 19.3 Å². The first-order chi connectivity index (χ1) is 15.5. The first kappa shape index (κ1) is 23.4. The van der Waals surface area contributed by atoms with Crippen molar-refractivity contribution in [3.8, 4) is 5.75 Å². The zero-order valence-electron chi connectivity index (χ0n) is 18.0. The fraction of sp³-hybridized carbons (Fsp3) is 0.409. The van der Waals surface area contributed by atoms with Crippen LogP contribution in [0.15, 0.2) is 54.6 Å². The predicted octanol–water partition coefficient (Wildman–Crippen LogP) is 3.79. The van der Waals surface area contributed by atoms with Gasteiger partial charge in [0.15, 0.2) is 0 Å². The molecule has 178 valence electrons. The number of piperidine rings is 1. The van der Waals surface area contributed by atoms with Crippen molar-refractivity contribution in [2.75, 3.05) is 35.9 Å². The lowest BCUT2D eigenvalue weighted by atomic mass is 9.77. The average molecular weight is 484 g/mol. The second-order valence-electron chi connectivity index (χ2n) is 8.24. The molecule has 0 aromatic heterocycles. The van der Waals surface area contributed by atoms with E-state index in [2.05, 4.69) is 4.74 Å². The number of ether oxygens (including phenoxy) is 1. The third kappa shape index (κ3) is 4.65. The highest BCUT2D eigenvalue weighted by atomic mass is 32.2. The molecule has 2 heterocycles. The molecule has 7 nitrogen and oxygen atoms in total. The molecule has 0 radical (unpaired) electrons. The number of halogens is 3. The van der Waals surface area contributed by atoms with E-state index in [-0.39, 0.29) is 24.7 Å². The fourth-order valence-corrected chi connectivity index (χ4v) is 5.83. The number of carbonyl (C=O) groups is 1. The highest BCUT2D eigenvalue weighted by molar-refractivity contribution is 7.90. The molecule has 0 atom stereocenters. The van der Waals surface area contributed by atoms with Crippen LogP contribution in [0.5, 0.6) is 5.75 Å². The number of rotatable bonds is 5. The lowest BCUT2D eigenvalue weighted by Crippen LogP contribution is -2.50. The van der Waals surface area contributed by atoms with Crippen molar-refractivity contribution in [1.82, 2.24) is 4.31 Å². The van der Waals surface area contributed by atoms with Crippen LogP contribution in [-0.4, -0.2) is 51.7 Å². The Morgan fingerprint density at radius 3 is 2.09 bits per heavy atom. The highest BCUT2D eigenvalue weighted by Gasteiger charge is 2.50. The van der Waals surface area contributed by atoms with Gasteiger partial charge in [0, 0.05) is 32.4 Å². The van der Waals surface area contributed by atoms with Gasteiger partial charge in [-0.05, 0) is 55.7 Å². The van der Waals surface area contributed by atoms with Crippen LogP contribution in [0.25, 0.3) is 0 Å². The van der Waals surface area contributed by atoms with Gasteiger partial charge >= 0.3 is 16.6 Å². The maximum Gasteiger partial charge on any atom is 0.573 e. The third-order valence-electron chi connectivity index (χ3n) is 6.37. The van der Waals surface area contributed by atoms with Crippen molar-refractivity contribution in [2.45, 2.75) is 25.6 Å². The fourth-order valence-electron chi connectivity index (χ4n) is 4.45. The van der Waals surface area contributed by atoms with Crippen LogP contribution in [0.2, 0.25) is 0 Å². The maximum absolute atomic E-state index is 13.2. The van der Waals surface area contributed by atoms with E-state index in [0.717, 1.165) is 0 Å². The Morgan fingerprint density at radius 1 is 0.939 bits per heavy atom. The minimum absolute atomic E-state index is 0.125. The van der Waals surface area contributed by atoms with Crippen molar-refractivity contribution in [1.29, 1.82) is 0 Å². The number of nitrogens with zero attached hydrogens (tertiary/aromatic N) is 3. The quantitative estimate of drug-likeness (QED) is 0.649. The summed E-state index contributed by atoms with van der Waals surface area (Å²) in [6.07, 6.45) is -3.44. The van der Waals surface area contributed by atoms with Crippen LogP contribution >= 0.6 is 0 Å². The number of hydrogen-bond acceptors (Lipinski definition) is 4. The molecule has 11 heteroatoms. The summed E-state index contributed by atoms with van der Waals surface area (Å²) in [5.74, 6) is -0.478. The summed E-state index contributed by atoms with van der Waals surface area (Å²) in [7, 11) is -2.22. The van der Waals surface area contributed by atoms with Crippen molar-refractivity contribution < 1.29 is 31.1 Å². The molecule has 0 saturated carbocycles. The summed E-state index contributed by atoms with van der Waals surface area (Å²) >= 11 is 0. The van der Waals surface area contributed by atoms with E-state index >= 15 is 0 Å². The van der Waals surface area contributed by atoms with Crippen LogP contribution in [0.4, 0.5) is 24.5 Å². The number of amides is 1. The molecule has 1 amide bonds. The van der Waals surface area contributed by atoms with E-state index < -0.39 is 22.0 Å². The van der Waals surface area contributed by atoms with E-state index in [9.17, 15) is 26.4 Å². The lowest BCUT2D eigenvalue weighted by molar-refractivity contribution is -0.274. The van der Waals surface area contributed by atoms with Gasteiger partial charge in [0.05, 0.1) is 11.1 Å². The van der Waals surface area contributed by atoms with Crippen molar-refractivity contribution in [2.24, 2.45) is 5.41 Å². The number of carbonyl (C=O) groups excluding carboxylic acids is 1. The highest BCUT2D eigenvalue weighted by Crippen LogP contribution is 2.44. The van der Waals surface area contributed by atoms with Crippen molar-refractivity contribution >= 4 is 27.5 Å². The molecule has 2 fully saturated rings. The van der Waals surface area contributed by atoms with Gasteiger partial charge < -0.3 is 9.64 Å². The molecule has 0 bridgehead atoms. The monoisotopic (exact) mass is 483 g/mol. The summed E-state index contributed by atoms with van der Waals surface area (Å²) in [5.41, 5.74) is 0.377. The third-order valence-corrected chi connectivity index (χ3v) is 8.29. The maximum atomic E-state index is 13.2. The summed E-state index contributed by atoms with van der Waals surface area (Å²) in [6.45, 7) is 0.865. The summed E-state index contributed by atoms with van der Waals surface area (Å²) in [5, 5.41) is 0. The molecule has 1 spiro atoms. The number of anilines is 2. The van der Waals surface area contributed by atoms with Gasteiger partial charge in [-0.25, -0.2) is 0 Å². The van der Waals surface area contributed by atoms with E-state index in [1.54, 1.807) is 29.2 Å². The lowest BCUT2D eigenvalue weighted by Gasteiger charge is -2.38. The minimum atomic E-state index is -4.78. The Bertz CT molecular complexity index is 1100. The van der Waals surface area contributed by atoms with Crippen LogP contribution in [0.3, 0.4) is 0 Å². The van der Waals surface area contributed by atoms with Crippen molar-refractivity contribution in [3.63, 3.8) is 0 Å². The van der Waals surface area contributed by atoms with Gasteiger partial charge in [-0.2, -0.15) is 12.7 Å².